The summed E-state index contributed by atoms with van der Waals surface area (Å²) in [5, 5.41) is 10.9. The average molecular weight is 290 g/mol. The van der Waals surface area contributed by atoms with Crippen LogP contribution in [0, 0.1) is 5.92 Å². The van der Waals surface area contributed by atoms with Crippen LogP contribution in [0.1, 0.15) is 31.7 Å². The second kappa shape index (κ2) is 5.99. The van der Waals surface area contributed by atoms with Gasteiger partial charge in [0.2, 0.25) is 0 Å². The molecule has 1 N–H and O–H groups in total. The van der Waals surface area contributed by atoms with Crippen LogP contribution in [0.5, 0.6) is 5.75 Å². The zero-order valence-electron chi connectivity index (χ0n) is 12.3. The summed E-state index contributed by atoms with van der Waals surface area (Å²) in [6.45, 7) is 3.75. The maximum Gasteiger partial charge on any atom is 0.343 e. The number of esters is 1. The predicted molar refractivity (Wildman–Crippen MR) is 78.4 cm³/mol. The number of para-hydroxylation sites is 1. The molecular formula is C16H18O5. The lowest BCUT2D eigenvalue weighted by atomic mass is 9.85. The van der Waals surface area contributed by atoms with Gasteiger partial charge in [-0.2, -0.15) is 0 Å². The molecule has 21 heavy (non-hydrogen) atoms. The molecule has 0 bridgehead atoms. The van der Waals surface area contributed by atoms with Crippen molar-refractivity contribution >= 4 is 16.9 Å². The van der Waals surface area contributed by atoms with Gasteiger partial charge in [0, 0.05) is 5.92 Å². The number of hydrogen-bond donors (Lipinski definition) is 1. The molecule has 0 unspecified atom stereocenters. The topological polar surface area (TPSA) is 76.7 Å². The third-order valence-electron chi connectivity index (χ3n) is 3.61. The Morgan fingerprint density at radius 2 is 2.00 bits per heavy atom. The predicted octanol–water partition coefficient (Wildman–Crippen LogP) is 2.80. The molecule has 112 valence electrons. The van der Waals surface area contributed by atoms with Crippen molar-refractivity contribution in [3.05, 3.63) is 40.2 Å². The largest absolute Gasteiger partial charge is 0.507 e. The van der Waals surface area contributed by atoms with Crippen LogP contribution >= 0.6 is 0 Å². The molecule has 1 heterocycles. The second-order valence-corrected chi connectivity index (χ2v) is 5.28. The molecule has 0 saturated carbocycles. The molecule has 2 aromatic rings. The van der Waals surface area contributed by atoms with Crippen molar-refractivity contribution in [3.63, 3.8) is 0 Å². The van der Waals surface area contributed by atoms with Crippen LogP contribution in [0.15, 0.2) is 33.5 Å². The molecule has 0 amide bonds. The molecule has 1 aromatic carbocycles. The van der Waals surface area contributed by atoms with E-state index in [9.17, 15) is 14.7 Å². The Bertz CT molecular complexity index is 714. The van der Waals surface area contributed by atoms with Crippen molar-refractivity contribution in [3.8, 4) is 5.75 Å². The number of hydrogen-bond acceptors (Lipinski definition) is 5. The van der Waals surface area contributed by atoms with E-state index in [1.54, 1.807) is 24.3 Å². The molecule has 5 nitrogen and oxygen atoms in total. The zero-order valence-corrected chi connectivity index (χ0v) is 12.3. The SMILES string of the molecule is COC(=O)C[C@H](c1c(O)c2ccccc2oc1=O)C(C)C. The third-order valence-corrected chi connectivity index (χ3v) is 3.61. The molecular weight excluding hydrogens is 272 g/mol. The van der Waals surface area contributed by atoms with E-state index >= 15 is 0 Å². The van der Waals surface area contributed by atoms with Gasteiger partial charge in [-0.1, -0.05) is 26.0 Å². The lowest BCUT2D eigenvalue weighted by molar-refractivity contribution is -0.141. The van der Waals surface area contributed by atoms with Gasteiger partial charge in [-0.15, -0.1) is 0 Å². The summed E-state index contributed by atoms with van der Waals surface area (Å²) < 4.78 is 9.92. The Labute approximate surface area is 122 Å². The molecule has 0 fully saturated rings. The molecule has 0 radical (unpaired) electrons. The summed E-state index contributed by atoms with van der Waals surface area (Å²) >= 11 is 0. The molecule has 0 aliphatic carbocycles. The van der Waals surface area contributed by atoms with E-state index in [1.165, 1.54) is 7.11 Å². The first-order valence-electron chi connectivity index (χ1n) is 6.77. The first kappa shape index (κ1) is 15.1. The molecule has 2 rings (SSSR count). The number of fused-ring (bicyclic) bond motifs is 1. The van der Waals surface area contributed by atoms with E-state index in [-0.39, 0.29) is 23.7 Å². The van der Waals surface area contributed by atoms with Gasteiger partial charge in [-0.25, -0.2) is 4.79 Å². The first-order valence-corrected chi connectivity index (χ1v) is 6.77. The van der Waals surface area contributed by atoms with E-state index in [2.05, 4.69) is 4.74 Å². The van der Waals surface area contributed by atoms with Crippen molar-refractivity contribution in [1.82, 2.24) is 0 Å². The number of aromatic hydroxyl groups is 1. The molecule has 1 atom stereocenters. The summed E-state index contributed by atoms with van der Waals surface area (Å²) in [5.41, 5.74) is -0.160. The molecule has 0 aliphatic rings. The van der Waals surface area contributed by atoms with Gasteiger partial charge >= 0.3 is 11.6 Å². The van der Waals surface area contributed by atoms with Gasteiger partial charge in [0.15, 0.2) is 0 Å². The van der Waals surface area contributed by atoms with E-state index in [0.29, 0.717) is 11.0 Å². The fraction of sp³-hybridized carbons (Fsp3) is 0.375. The molecule has 1 aromatic heterocycles. The first-order chi connectivity index (χ1) is 9.95. The molecule has 0 aliphatic heterocycles. The van der Waals surface area contributed by atoms with Crippen LogP contribution in [0.3, 0.4) is 0 Å². The van der Waals surface area contributed by atoms with E-state index in [1.807, 2.05) is 13.8 Å². The molecule has 0 spiro atoms. The van der Waals surface area contributed by atoms with Crippen LogP contribution in [0.25, 0.3) is 11.0 Å². The Hall–Kier alpha value is -2.30. The molecule has 0 saturated heterocycles. The lowest BCUT2D eigenvalue weighted by Crippen LogP contribution is -2.20. The monoisotopic (exact) mass is 290 g/mol. The van der Waals surface area contributed by atoms with Crippen LogP contribution < -0.4 is 5.63 Å². The normalized spacial score (nSPS) is 12.6. The van der Waals surface area contributed by atoms with Gasteiger partial charge in [0.1, 0.15) is 11.3 Å². The van der Waals surface area contributed by atoms with Crippen molar-refractivity contribution in [1.29, 1.82) is 0 Å². The van der Waals surface area contributed by atoms with Crippen molar-refractivity contribution in [2.45, 2.75) is 26.2 Å². The number of ether oxygens (including phenoxy) is 1. The van der Waals surface area contributed by atoms with Crippen molar-refractivity contribution in [2.24, 2.45) is 5.92 Å². The minimum Gasteiger partial charge on any atom is -0.507 e. The number of methoxy groups -OCH3 is 1. The van der Waals surface area contributed by atoms with Gasteiger partial charge in [-0.3, -0.25) is 4.79 Å². The quantitative estimate of drug-likeness (QED) is 0.692. The average Bonchev–Trinajstić information content (AvgIpc) is 2.45. The van der Waals surface area contributed by atoms with Gasteiger partial charge in [-0.05, 0) is 18.1 Å². The Morgan fingerprint density at radius 3 is 2.62 bits per heavy atom. The highest BCUT2D eigenvalue weighted by molar-refractivity contribution is 5.84. The fourth-order valence-corrected chi connectivity index (χ4v) is 2.41. The zero-order chi connectivity index (χ0) is 15.6. The maximum atomic E-state index is 12.2. The van der Waals surface area contributed by atoms with Gasteiger partial charge < -0.3 is 14.3 Å². The van der Waals surface area contributed by atoms with Gasteiger partial charge in [0.05, 0.1) is 24.5 Å². The highest BCUT2D eigenvalue weighted by Gasteiger charge is 2.28. The maximum absolute atomic E-state index is 12.2. The van der Waals surface area contributed by atoms with Crippen molar-refractivity contribution < 1.29 is 19.1 Å². The van der Waals surface area contributed by atoms with Crippen molar-refractivity contribution in [2.75, 3.05) is 7.11 Å². The summed E-state index contributed by atoms with van der Waals surface area (Å²) in [6.07, 6.45) is 0.0187. The standard InChI is InChI=1S/C16H18O5/c1-9(2)11(8-13(17)20-3)14-15(18)10-6-4-5-7-12(10)21-16(14)19/h4-7,9,11,18H,8H2,1-3H3/t11-/m0/s1. The minimum atomic E-state index is -0.617. The number of benzene rings is 1. The second-order valence-electron chi connectivity index (χ2n) is 5.28. The smallest absolute Gasteiger partial charge is 0.343 e. The highest BCUT2D eigenvalue weighted by atomic mass is 16.5. The van der Waals surface area contributed by atoms with Gasteiger partial charge in [0.25, 0.3) is 0 Å². The summed E-state index contributed by atoms with van der Waals surface area (Å²) in [5.74, 6) is -1.04. The summed E-state index contributed by atoms with van der Waals surface area (Å²) in [7, 11) is 1.29. The van der Waals surface area contributed by atoms with Crippen LogP contribution in [0.4, 0.5) is 0 Å². The Balaban J connectivity index is 2.62. The Morgan fingerprint density at radius 1 is 1.33 bits per heavy atom. The third kappa shape index (κ3) is 2.91. The minimum absolute atomic E-state index is 0.0187. The molecule has 5 heteroatoms. The van der Waals surface area contributed by atoms with E-state index in [4.69, 9.17) is 4.42 Å². The fourth-order valence-electron chi connectivity index (χ4n) is 2.41. The lowest BCUT2D eigenvalue weighted by Gasteiger charge is -2.20. The number of carbonyl (C=O) groups is 1. The number of carbonyl (C=O) groups excluding carboxylic acids is 1. The highest BCUT2D eigenvalue weighted by Crippen LogP contribution is 2.36. The van der Waals surface area contributed by atoms with E-state index in [0.717, 1.165) is 0 Å². The van der Waals surface area contributed by atoms with E-state index < -0.39 is 17.5 Å². The van der Waals surface area contributed by atoms with Crippen LogP contribution in [-0.2, 0) is 9.53 Å². The van der Waals surface area contributed by atoms with Crippen LogP contribution in [-0.4, -0.2) is 18.2 Å². The summed E-state index contributed by atoms with van der Waals surface area (Å²) in [4.78, 5) is 23.7. The Kier molecular flexibility index (Phi) is 4.31. The van der Waals surface area contributed by atoms with Crippen LogP contribution in [0.2, 0.25) is 0 Å². The summed E-state index contributed by atoms with van der Waals surface area (Å²) in [6, 6.07) is 6.76. The number of rotatable bonds is 4.